The van der Waals surface area contributed by atoms with E-state index in [9.17, 15) is 9.59 Å². The van der Waals surface area contributed by atoms with Crippen LogP contribution >= 0.6 is 11.6 Å². The fourth-order valence-corrected chi connectivity index (χ4v) is 2.09. The molecule has 0 bridgehead atoms. The second-order valence-corrected chi connectivity index (χ2v) is 5.51. The van der Waals surface area contributed by atoms with Crippen molar-refractivity contribution in [3.8, 4) is 0 Å². The summed E-state index contributed by atoms with van der Waals surface area (Å²) in [6, 6.07) is 5.04. The third kappa shape index (κ3) is 10.6. The van der Waals surface area contributed by atoms with Crippen LogP contribution in [0.5, 0.6) is 0 Å². The molecule has 5 nitrogen and oxygen atoms in total. The summed E-state index contributed by atoms with van der Waals surface area (Å²) in [5.41, 5.74) is 5.96. The summed E-state index contributed by atoms with van der Waals surface area (Å²) in [7, 11) is 0. The van der Waals surface area contributed by atoms with Crippen molar-refractivity contribution in [3.63, 3.8) is 0 Å². The van der Waals surface area contributed by atoms with Gasteiger partial charge in [-0.1, -0.05) is 51.2 Å². The molecular weight excluding hydrogens is 318 g/mol. The van der Waals surface area contributed by atoms with Crippen molar-refractivity contribution in [1.29, 1.82) is 0 Å². The Hall–Kier alpha value is -1.75. The first kappa shape index (κ1) is 21.2. The molecule has 0 atom stereocenters. The molecule has 0 aliphatic heterocycles. The number of anilines is 1. The number of rotatable bonds is 8. The van der Waals surface area contributed by atoms with E-state index in [0.717, 1.165) is 12.8 Å². The molecule has 23 heavy (non-hydrogen) atoms. The fourth-order valence-electron chi connectivity index (χ4n) is 2.02. The molecule has 0 saturated carbocycles. The molecule has 0 fully saturated rings. The van der Waals surface area contributed by atoms with Crippen LogP contribution in [-0.4, -0.2) is 23.1 Å². The molecule has 0 aromatic heterocycles. The first-order valence-electron chi connectivity index (χ1n) is 7.80. The highest BCUT2D eigenvalue weighted by Gasteiger charge is 2.09. The Balaban J connectivity index is 0.000000422. The average Bonchev–Trinajstić information content (AvgIpc) is 2.46. The van der Waals surface area contributed by atoms with Crippen LogP contribution < -0.4 is 5.73 Å². The number of carboxylic acid groups (broad SMARTS) is 1. The number of halogens is 1. The number of nitrogen functional groups attached to an aromatic ring is 1. The highest BCUT2D eigenvalue weighted by Crippen LogP contribution is 2.15. The van der Waals surface area contributed by atoms with Crippen LogP contribution in [0.3, 0.4) is 0 Å². The standard InChI is InChI=1S/C9H17ClO2.C8H9NO2/c1-2-3-4-5-6-7-8-12-9(10)11;1-5-3-2-4-6(9)7(5)8(10)11/h2-8H2,1H3;2-4H,9H2,1H3,(H,10,11). The number of ether oxygens (including phenoxy) is 1. The highest BCUT2D eigenvalue weighted by molar-refractivity contribution is 6.61. The maximum absolute atomic E-state index is 10.6. The van der Waals surface area contributed by atoms with Crippen molar-refractivity contribution < 1.29 is 19.4 Å². The van der Waals surface area contributed by atoms with Gasteiger partial charge in [0.25, 0.3) is 0 Å². The van der Waals surface area contributed by atoms with Crippen LogP contribution in [0.1, 0.15) is 61.4 Å². The van der Waals surface area contributed by atoms with Gasteiger partial charge in [0.15, 0.2) is 0 Å². The lowest BCUT2D eigenvalue weighted by Crippen LogP contribution is -2.04. The Morgan fingerprint density at radius 2 is 1.78 bits per heavy atom. The summed E-state index contributed by atoms with van der Waals surface area (Å²) in [6.07, 6.45) is 7.14. The summed E-state index contributed by atoms with van der Waals surface area (Å²) >= 11 is 4.98. The zero-order chi connectivity index (χ0) is 17.7. The number of carbonyl (C=O) groups excluding carboxylic acids is 1. The molecule has 130 valence electrons. The Labute approximate surface area is 142 Å². The first-order chi connectivity index (χ1) is 10.9. The maximum atomic E-state index is 10.6. The molecule has 1 aromatic carbocycles. The van der Waals surface area contributed by atoms with Gasteiger partial charge in [0.05, 0.1) is 12.2 Å². The Morgan fingerprint density at radius 3 is 2.26 bits per heavy atom. The second-order valence-electron chi connectivity index (χ2n) is 5.20. The number of carboxylic acids is 1. The molecule has 3 N–H and O–H groups in total. The molecule has 6 heteroatoms. The van der Waals surface area contributed by atoms with Crippen molar-refractivity contribution in [3.05, 3.63) is 29.3 Å². The monoisotopic (exact) mass is 343 g/mol. The molecule has 0 unspecified atom stereocenters. The molecule has 0 spiro atoms. The van der Waals surface area contributed by atoms with E-state index >= 15 is 0 Å². The van der Waals surface area contributed by atoms with Crippen LogP contribution in [0.2, 0.25) is 0 Å². The van der Waals surface area contributed by atoms with Gasteiger partial charge >= 0.3 is 11.4 Å². The number of unbranched alkanes of at least 4 members (excludes halogenated alkanes) is 5. The van der Waals surface area contributed by atoms with Crippen molar-refractivity contribution in [2.75, 3.05) is 12.3 Å². The number of nitrogens with two attached hydrogens (primary N) is 1. The zero-order valence-corrected chi connectivity index (χ0v) is 14.6. The van der Waals surface area contributed by atoms with Gasteiger partial charge in [-0.25, -0.2) is 9.59 Å². The SMILES string of the molecule is CCCCCCCCOC(=O)Cl.Cc1cccc(N)c1C(=O)O. The van der Waals surface area contributed by atoms with E-state index in [0.29, 0.717) is 17.9 Å². The Morgan fingerprint density at radius 1 is 1.17 bits per heavy atom. The molecule has 0 aliphatic rings. The van der Waals surface area contributed by atoms with E-state index in [1.54, 1.807) is 25.1 Å². The van der Waals surface area contributed by atoms with E-state index < -0.39 is 11.4 Å². The van der Waals surface area contributed by atoms with E-state index in [4.69, 9.17) is 22.4 Å². The topological polar surface area (TPSA) is 89.6 Å². The van der Waals surface area contributed by atoms with Gasteiger partial charge in [0, 0.05) is 17.3 Å². The minimum atomic E-state index is -0.972. The number of aromatic carboxylic acids is 1. The minimum Gasteiger partial charge on any atom is -0.478 e. The van der Waals surface area contributed by atoms with Crippen molar-refractivity contribution in [2.24, 2.45) is 0 Å². The molecule has 0 heterocycles. The summed E-state index contributed by atoms with van der Waals surface area (Å²) < 4.78 is 4.57. The van der Waals surface area contributed by atoms with Gasteiger partial charge in [-0.2, -0.15) is 0 Å². The normalized spacial score (nSPS) is 9.70. The maximum Gasteiger partial charge on any atom is 0.403 e. The van der Waals surface area contributed by atoms with Crippen LogP contribution in [0, 0.1) is 6.92 Å². The highest BCUT2D eigenvalue weighted by atomic mass is 35.5. The largest absolute Gasteiger partial charge is 0.478 e. The summed E-state index contributed by atoms with van der Waals surface area (Å²) in [4.78, 5) is 20.7. The predicted molar refractivity (Wildman–Crippen MR) is 93.1 cm³/mol. The Kier molecular flexibility index (Phi) is 11.8. The van der Waals surface area contributed by atoms with E-state index in [1.807, 2.05) is 0 Å². The predicted octanol–water partition coefficient (Wildman–Crippen LogP) is 5.00. The third-order valence-corrected chi connectivity index (χ3v) is 3.34. The molecule has 1 rings (SSSR count). The molecule has 0 saturated heterocycles. The van der Waals surface area contributed by atoms with E-state index in [-0.39, 0.29) is 5.56 Å². The lowest BCUT2D eigenvalue weighted by molar-refractivity contribution is 0.0697. The van der Waals surface area contributed by atoms with Crippen molar-refractivity contribution >= 4 is 28.7 Å². The molecule has 0 amide bonds. The van der Waals surface area contributed by atoms with Crippen LogP contribution in [0.4, 0.5) is 10.5 Å². The second kappa shape index (κ2) is 12.8. The van der Waals surface area contributed by atoms with Gasteiger partial charge in [-0.15, -0.1) is 0 Å². The molecular formula is C17H26ClNO4. The zero-order valence-electron chi connectivity index (χ0n) is 13.8. The molecule has 0 aliphatic carbocycles. The lowest BCUT2D eigenvalue weighted by atomic mass is 10.1. The van der Waals surface area contributed by atoms with Gasteiger partial charge in [0.1, 0.15) is 0 Å². The van der Waals surface area contributed by atoms with Crippen LogP contribution in [0.15, 0.2) is 18.2 Å². The van der Waals surface area contributed by atoms with Gasteiger partial charge in [-0.05, 0) is 25.0 Å². The summed E-state index contributed by atoms with van der Waals surface area (Å²) in [5.74, 6) is -0.972. The quantitative estimate of drug-likeness (QED) is 0.394. The fraction of sp³-hybridized carbons (Fsp3) is 0.529. The number of hydrogen-bond acceptors (Lipinski definition) is 4. The van der Waals surface area contributed by atoms with Crippen molar-refractivity contribution in [2.45, 2.75) is 52.4 Å². The summed E-state index contributed by atoms with van der Waals surface area (Å²) in [5, 5.41) is 8.67. The number of carbonyl (C=O) groups is 2. The Bertz CT molecular complexity index is 471. The summed E-state index contributed by atoms with van der Waals surface area (Å²) in [6.45, 7) is 4.38. The molecule has 1 aromatic rings. The third-order valence-electron chi connectivity index (χ3n) is 3.23. The molecule has 0 radical (unpaired) electrons. The lowest BCUT2D eigenvalue weighted by Gasteiger charge is -2.02. The van der Waals surface area contributed by atoms with Crippen molar-refractivity contribution in [1.82, 2.24) is 0 Å². The number of aryl methyl sites for hydroxylation is 1. The van der Waals surface area contributed by atoms with Gasteiger partial charge < -0.3 is 15.6 Å². The van der Waals surface area contributed by atoms with E-state index in [2.05, 4.69) is 11.7 Å². The number of hydrogen-bond donors (Lipinski definition) is 2. The van der Waals surface area contributed by atoms with Crippen LogP contribution in [0.25, 0.3) is 0 Å². The van der Waals surface area contributed by atoms with Gasteiger partial charge in [0.2, 0.25) is 0 Å². The first-order valence-corrected chi connectivity index (χ1v) is 8.18. The van der Waals surface area contributed by atoms with Crippen LogP contribution in [-0.2, 0) is 4.74 Å². The van der Waals surface area contributed by atoms with E-state index in [1.165, 1.54) is 25.7 Å². The average molecular weight is 344 g/mol. The number of benzene rings is 1. The smallest absolute Gasteiger partial charge is 0.403 e. The minimum absolute atomic E-state index is 0.201. The van der Waals surface area contributed by atoms with Gasteiger partial charge in [-0.3, -0.25) is 0 Å².